The maximum atomic E-state index is 12.6. The van der Waals surface area contributed by atoms with Crippen molar-refractivity contribution < 1.29 is 19.0 Å². The first-order valence-electron chi connectivity index (χ1n) is 10.3. The summed E-state index contributed by atoms with van der Waals surface area (Å²) in [5.74, 6) is 1.26. The lowest BCUT2D eigenvalue weighted by atomic mass is 10.1. The summed E-state index contributed by atoms with van der Waals surface area (Å²) in [6, 6.07) is 11.1. The van der Waals surface area contributed by atoms with Crippen LogP contribution in [0.1, 0.15) is 18.9 Å². The molecule has 2 aliphatic heterocycles. The van der Waals surface area contributed by atoms with Gasteiger partial charge in [-0.1, -0.05) is 22.9 Å². The van der Waals surface area contributed by atoms with Crippen molar-refractivity contribution in [3.8, 4) is 17.2 Å². The number of nitrogens with one attached hydrogen (secondary N) is 1. The number of ether oxygens (including phenoxy) is 3. The van der Waals surface area contributed by atoms with Crippen LogP contribution >= 0.6 is 43.6 Å². The molecule has 0 aromatic heterocycles. The van der Waals surface area contributed by atoms with Crippen molar-refractivity contribution in [2.75, 3.05) is 20.3 Å². The van der Waals surface area contributed by atoms with Gasteiger partial charge in [0.15, 0.2) is 17.3 Å². The average molecular weight is 608 g/mol. The first kappa shape index (κ1) is 24.5. The van der Waals surface area contributed by atoms with E-state index in [0.717, 1.165) is 15.3 Å². The van der Waals surface area contributed by atoms with Crippen molar-refractivity contribution in [3.63, 3.8) is 0 Å². The molecule has 34 heavy (non-hydrogen) atoms. The number of benzene rings is 2. The van der Waals surface area contributed by atoms with Crippen molar-refractivity contribution >= 4 is 71.7 Å². The minimum absolute atomic E-state index is 0.00791. The van der Waals surface area contributed by atoms with Gasteiger partial charge in [-0.25, -0.2) is 0 Å². The van der Waals surface area contributed by atoms with Gasteiger partial charge in [0.25, 0.3) is 5.91 Å². The van der Waals surface area contributed by atoms with E-state index >= 15 is 0 Å². The highest BCUT2D eigenvalue weighted by Crippen LogP contribution is 2.38. The Kier molecular flexibility index (Phi) is 7.74. The monoisotopic (exact) mass is 606 g/mol. The van der Waals surface area contributed by atoms with Crippen molar-refractivity contribution in [3.05, 3.63) is 56.5 Å². The molecule has 0 saturated heterocycles. The standard InChI is InChI=1S/C23H20Br2N4O4S/c1-3-19-28-29-21(26)16(22(30)27-23(29)34-19)10-13-11-17(25)20(18(12-13)31-2)33-9-8-32-15-6-4-14(24)5-7-15/h4-7,10-12,26H,3,8-9H2,1-2H3/b16-10+,26-21?. The summed E-state index contributed by atoms with van der Waals surface area (Å²) in [6.07, 6.45) is 2.31. The minimum atomic E-state index is -0.475. The summed E-state index contributed by atoms with van der Waals surface area (Å²) in [5, 5.41) is 15.4. The minimum Gasteiger partial charge on any atom is -0.493 e. The lowest BCUT2D eigenvalue weighted by Gasteiger charge is -2.20. The molecule has 2 aromatic carbocycles. The number of amidine groups is 2. The van der Waals surface area contributed by atoms with Crippen molar-refractivity contribution in [1.29, 1.82) is 5.41 Å². The fraction of sp³-hybridized carbons (Fsp3) is 0.217. The normalized spacial score (nSPS) is 16.4. The molecule has 0 atom stereocenters. The number of hydrogen-bond acceptors (Lipinski definition) is 7. The van der Waals surface area contributed by atoms with Crippen LogP contribution in [-0.2, 0) is 4.79 Å². The van der Waals surface area contributed by atoms with E-state index in [1.54, 1.807) is 18.2 Å². The molecule has 8 nitrogen and oxygen atoms in total. The average Bonchev–Trinajstić information content (AvgIpc) is 3.24. The van der Waals surface area contributed by atoms with Gasteiger partial charge in [0.2, 0.25) is 5.17 Å². The van der Waals surface area contributed by atoms with Crippen LogP contribution in [0.2, 0.25) is 0 Å². The van der Waals surface area contributed by atoms with Gasteiger partial charge >= 0.3 is 0 Å². The molecule has 0 bridgehead atoms. The molecule has 176 valence electrons. The molecule has 1 N–H and O–H groups in total. The molecule has 11 heteroatoms. The van der Waals surface area contributed by atoms with Crippen LogP contribution in [0.15, 0.2) is 61.0 Å². The molecule has 0 unspecified atom stereocenters. The fourth-order valence-electron chi connectivity index (χ4n) is 3.14. The van der Waals surface area contributed by atoms with E-state index in [2.05, 4.69) is 42.0 Å². The topological polar surface area (TPSA) is 96.6 Å². The number of fused-ring (bicyclic) bond motifs is 1. The van der Waals surface area contributed by atoms with E-state index in [1.807, 2.05) is 31.2 Å². The maximum Gasteiger partial charge on any atom is 0.283 e. The number of rotatable bonds is 8. The first-order chi connectivity index (χ1) is 16.4. The maximum absolute atomic E-state index is 12.6. The van der Waals surface area contributed by atoms with Crippen LogP contribution in [0.3, 0.4) is 0 Å². The van der Waals surface area contributed by atoms with Crippen molar-refractivity contribution in [1.82, 2.24) is 5.01 Å². The number of hydrogen-bond donors (Lipinski definition) is 1. The van der Waals surface area contributed by atoms with Gasteiger partial charge in [0.1, 0.15) is 24.0 Å². The smallest absolute Gasteiger partial charge is 0.283 e. The Morgan fingerprint density at radius 1 is 1.15 bits per heavy atom. The number of nitrogens with zero attached hydrogens (tertiary/aromatic N) is 3. The molecular formula is C23H20Br2N4O4S. The van der Waals surface area contributed by atoms with Gasteiger partial charge in [-0.2, -0.15) is 15.1 Å². The van der Waals surface area contributed by atoms with E-state index in [9.17, 15) is 4.79 Å². The highest BCUT2D eigenvalue weighted by molar-refractivity contribution is 9.10. The van der Waals surface area contributed by atoms with Crippen molar-refractivity contribution in [2.24, 2.45) is 10.1 Å². The predicted octanol–water partition coefficient (Wildman–Crippen LogP) is 5.71. The van der Waals surface area contributed by atoms with Crippen LogP contribution in [-0.4, -0.2) is 47.3 Å². The number of amides is 1. The number of carbonyl (C=O) groups excluding carboxylic acids is 1. The Morgan fingerprint density at radius 2 is 1.88 bits per heavy atom. The summed E-state index contributed by atoms with van der Waals surface area (Å²) >= 11 is 8.22. The lowest BCUT2D eigenvalue weighted by molar-refractivity contribution is -0.114. The van der Waals surface area contributed by atoms with Gasteiger partial charge in [-0.15, -0.1) is 0 Å². The Morgan fingerprint density at radius 3 is 2.59 bits per heavy atom. The first-order valence-corrected chi connectivity index (χ1v) is 12.7. The van der Waals surface area contributed by atoms with Gasteiger partial charge in [-0.3, -0.25) is 10.2 Å². The van der Waals surface area contributed by atoms with Gasteiger partial charge < -0.3 is 14.2 Å². The number of carbonyl (C=O) groups is 1. The second-order valence-corrected chi connectivity index (χ2v) is 9.86. The Hall–Kier alpha value is -2.63. The number of thioether (sulfide) groups is 1. The van der Waals surface area contributed by atoms with E-state index in [1.165, 1.54) is 23.9 Å². The number of halogens is 2. The van der Waals surface area contributed by atoms with Crippen LogP contribution in [0.4, 0.5) is 0 Å². The second-order valence-electron chi connectivity index (χ2n) is 7.05. The fourth-order valence-corrected chi connectivity index (χ4v) is 4.80. The van der Waals surface area contributed by atoms with Gasteiger partial charge in [0, 0.05) is 4.47 Å². The Labute approximate surface area is 217 Å². The molecule has 4 rings (SSSR count). The molecule has 0 aliphatic carbocycles. The molecule has 0 saturated carbocycles. The summed E-state index contributed by atoms with van der Waals surface area (Å²) in [7, 11) is 1.54. The van der Waals surface area contributed by atoms with Crippen LogP contribution in [0.25, 0.3) is 6.08 Å². The molecule has 0 spiro atoms. The van der Waals surface area contributed by atoms with E-state index in [4.69, 9.17) is 19.6 Å². The molecule has 2 heterocycles. The van der Waals surface area contributed by atoms with E-state index < -0.39 is 5.91 Å². The quantitative estimate of drug-likeness (QED) is 0.305. The molecule has 2 aromatic rings. The number of aliphatic imine (C=N–C) groups is 1. The van der Waals surface area contributed by atoms with Crippen LogP contribution < -0.4 is 14.2 Å². The van der Waals surface area contributed by atoms with E-state index in [-0.39, 0.29) is 11.4 Å². The summed E-state index contributed by atoms with van der Waals surface area (Å²) < 4.78 is 18.7. The Bertz CT molecular complexity index is 1230. The zero-order valence-corrected chi connectivity index (χ0v) is 22.3. The van der Waals surface area contributed by atoms with Gasteiger partial charge in [0.05, 0.1) is 17.2 Å². The van der Waals surface area contributed by atoms with Gasteiger partial charge in [-0.05, 0) is 82.2 Å². The molecular weight excluding hydrogens is 588 g/mol. The lowest BCUT2D eigenvalue weighted by Crippen LogP contribution is -2.35. The molecule has 0 radical (unpaired) electrons. The highest BCUT2D eigenvalue weighted by atomic mass is 79.9. The predicted molar refractivity (Wildman–Crippen MR) is 141 cm³/mol. The van der Waals surface area contributed by atoms with Crippen LogP contribution in [0.5, 0.6) is 17.2 Å². The number of hydrazone groups is 1. The Balaban J connectivity index is 1.48. The zero-order valence-electron chi connectivity index (χ0n) is 18.3. The summed E-state index contributed by atoms with van der Waals surface area (Å²) in [5.41, 5.74) is 0.802. The largest absolute Gasteiger partial charge is 0.493 e. The zero-order chi connectivity index (χ0) is 24.2. The third kappa shape index (κ3) is 5.37. The number of methoxy groups -OCH3 is 1. The molecule has 1 amide bonds. The third-order valence-electron chi connectivity index (χ3n) is 4.77. The third-order valence-corrected chi connectivity index (χ3v) is 6.94. The highest BCUT2D eigenvalue weighted by Gasteiger charge is 2.35. The van der Waals surface area contributed by atoms with Crippen molar-refractivity contribution in [2.45, 2.75) is 13.3 Å². The summed E-state index contributed by atoms with van der Waals surface area (Å²) in [6.45, 7) is 2.62. The second kappa shape index (κ2) is 10.7. The summed E-state index contributed by atoms with van der Waals surface area (Å²) in [4.78, 5) is 16.7. The molecule has 2 aliphatic rings. The molecule has 0 fully saturated rings. The SMILES string of the molecule is CCC1=NN2C(=N)/C(=C\c3cc(Br)c(OCCOc4ccc(Br)cc4)c(OC)c3)C(=O)N=C2S1. The van der Waals surface area contributed by atoms with Crippen LogP contribution in [0, 0.1) is 5.41 Å². The van der Waals surface area contributed by atoms with E-state index in [0.29, 0.717) is 46.3 Å².